The van der Waals surface area contributed by atoms with Crippen LogP contribution in [0.4, 0.5) is 5.82 Å². The summed E-state index contributed by atoms with van der Waals surface area (Å²) in [6.45, 7) is -9.57. The van der Waals surface area contributed by atoms with Gasteiger partial charge in [-0.2, -0.15) is 5.10 Å². The van der Waals surface area contributed by atoms with Crippen molar-refractivity contribution >= 4 is 65.6 Å². The normalized spacial score (nSPS) is 38.3. The minimum Gasteiger partial charge on any atom is -0.387 e. The molecule has 6 N–H and O–H groups in total. The van der Waals surface area contributed by atoms with Gasteiger partial charge in [0.05, 0.1) is 37.6 Å². The van der Waals surface area contributed by atoms with Gasteiger partial charge in [-0.25, -0.2) is 29.6 Å². The Kier molecular flexibility index (Phi) is 7.64. The molecular formula is C20H23N9O11P2S2. The zero-order valence-corrected chi connectivity index (χ0v) is 25.4. The number of H-pyrrole nitrogens is 1. The predicted octanol–water partition coefficient (Wildman–Crippen LogP) is -0.870. The van der Waals surface area contributed by atoms with E-state index in [4.69, 9.17) is 45.1 Å². The zero-order valence-electron chi connectivity index (χ0n) is 21.9. The number of nitrogen functional groups attached to an aromatic ring is 1. The molecule has 0 aliphatic carbocycles. The molecule has 0 spiro atoms. The van der Waals surface area contributed by atoms with E-state index in [0.717, 1.165) is 0 Å². The summed E-state index contributed by atoms with van der Waals surface area (Å²) in [7, 11) is 0. The van der Waals surface area contributed by atoms with Crippen molar-refractivity contribution in [1.82, 2.24) is 39.3 Å². The Morgan fingerprint density at radius 3 is 2.52 bits per heavy atom. The van der Waals surface area contributed by atoms with Crippen LogP contribution in [-0.4, -0.2) is 104 Å². The number of nitrogens with one attached hydrogen (secondary N) is 1. The van der Waals surface area contributed by atoms with Crippen LogP contribution >= 0.6 is 25.8 Å². The van der Waals surface area contributed by atoms with Gasteiger partial charge in [-0.3, -0.25) is 27.5 Å². The lowest BCUT2D eigenvalue weighted by Gasteiger charge is -2.27. The molecule has 7 heterocycles. The van der Waals surface area contributed by atoms with Crippen molar-refractivity contribution in [3.05, 3.63) is 35.5 Å². The Morgan fingerprint density at radius 1 is 0.977 bits per heavy atom. The molecule has 2 bridgehead atoms. The van der Waals surface area contributed by atoms with Gasteiger partial charge in [0, 0.05) is 0 Å². The number of thiol groups is 1. The maximum atomic E-state index is 13.4. The van der Waals surface area contributed by atoms with Crippen molar-refractivity contribution in [1.29, 1.82) is 0 Å². The summed E-state index contributed by atoms with van der Waals surface area (Å²) in [6.07, 6.45) is -5.60. The number of aromatic nitrogens is 8. The van der Waals surface area contributed by atoms with Crippen LogP contribution in [0.2, 0.25) is 0 Å². The van der Waals surface area contributed by atoms with Crippen LogP contribution in [0, 0.1) is 0 Å². The van der Waals surface area contributed by atoms with Crippen LogP contribution in [0.15, 0.2) is 30.0 Å². The fourth-order valence-corrected chi connectivity index (χ4v) is 8.15. The Balaban J connectivity index is 1.20. The first-order valence-electron chi connectivity index (χ1n) is 12.7. The average Bonchev–Trinajstić information content (AvgIpc) is 3.73. The third kappa shape index (κ3) is 5.28. The lowest BCUT2D eigenvalue weighted by molar-refractivity contribution is -0.0593. The molecule has 4 aromatic rings. The van der Waals surface area contributed by atoms with E-state index in [0.29, 0.717) is 0 Å². The van der Waals surface area contributed by atoms with Gasteiger partial charge in [0.2, 0.25) is 0 Å². The highest BCUT2D eigenvalue weighted by atomic mass is 32.7. The summed E-state index contributed by atoms with van der Waals surface area (Å²) >= 11 is 9.31. The second kappa shape index (κ2) is 11.1. The third-order valence-corrected chi connectivity index (χ3v) is 10.4. The minimum absolute atomic E-state index is 0.0243. The number of aromatic amines is 1. The topological polar surface area (TPSA) is 266 Å². The molecule has 3 aliphatic rings. The summed E-state index contributed by atoms with van der Waals surface area (Å²) in [4.78, 5) is 39.5. The van der Waals surface area contributed by atoms with E-state index < -0.39 is 81.4 Å². The molecule has 10 atom stereocenters. The molecule has 3 aliphatic heterocycles. The maximum Gasteiger partial charge on any atom is 0.386 e. The minimum atomic E-state index is -4.29. The molecule has 3 saturated heterocycles. The molecule has 0 amide bonds. The maximum absolute atomic E-state index is 13.4. The molecule has 0 aromatic carbocycles. The van der Waals surface area contributed by atoms with Gasteiger partial charge in [0.1, 0.15) is 48.5 Å². The number of nitrogens with two attached hydrogens (primary N) is 1. The fraction of sp³-hybridized carbons (Fsp3) is 0.500. The zero-order chi connectivity index (χ0) is 31.0. The largest absolute Gasteiger partial charge is 0.387 e. The second-order valence-electron chi connectivity index (χ2n) is 9.95. The summed E-state index contributed by atoms with van der Waals surface area (Å²) in [5.74, 6) is 0.0962. The first kappa shape index (κ1) is 30.2. The number of anilines is 1. The summed E-state index contributed by atoms with van der Waals surface area (Å²) in [6, 6.07) is 0. The first-order valence-corrected chi connectivity index (χ1v) is 18.0. The predicted molar refractivity (Wildman–Crippen MR) is 152 cm³/mol. The molecule has 0 saturated carbocycles. The van der Waals surface area contributed by atoms with Gasteiger partial charge in [0.15, 0.2) is 29.4 Å². The van der Waals surface area contributed by atoms with E-state index in [1.807, 2.05) is 0 Å². The first-order chi connectivity index (χ1) is 20.9. The van der Waals surface area contributed by atoms with Crippen LogP contribution < -0.4 is 11.3 Å². The fourth-order valence-electron chi connectivity index (χ4n) is 5.25. The van der Waals surface area contributed by atoms with Crippen LogP contribution in [0.5, 0.6) is 0 Å². The van der Waals surface area contributed by atoms with Crippen molar-refractivity contribution in [3.63, 3.8) is 0 Å². The van der Waals surface area contributed by atoms with E-state index in [1.165, 1.54) is 34.3 Å². The van der Waals surface area contributed by atoms with E-state index in [2.05, 4.69) is 42.4 Å². The Bertz CT molecular complexity index is 1890. The van der Waals surface area contributed by atoms with E-state index in [-0.39, 0.29) is 28.0 Å². The van der Waals surface area contributed by atoms with Crippen molar-refractivity contribution in [3.8, 4) is 0 Å². The quantitative estimate of drug-likeness (QED) is 0.110. The number of imidazole rings is 2. The van der Waals surface area contributed by atoms with Crippen molar-refractivity contribution in [2.45, 2.75) is 49.1 Å². The summed E-state index contributed by atoms with van der Waals surface area (Å²) in [5, 5.41) is 28.4. The number of nitrogens with zero attached hydrogens (tertiary/aromatic N) is 7. The molecule has 0 radical (unpaired) electrons. The standard InChI is InChI=1S/C20H23N9O11P2S2/c21-16-11-17(23-4-22-16)29(6-25-11)19-13(31)14-9(38-19)3-36-42(34,44)40-15-12(30)8(2-35-41(33,43)39-14)37-20(15)28-5-24-10-7(28)1-26-27-18(10)32/h1,4-6,8-9,12-15,19-20,30-31H,2-3H2,(H,27,32)(H,33,43)(H,34,44)(H2,21,22,23)/t8-,9-,12-,13-,14-,15-,19-,20-,41?,42?/m1/s1. The summed E-state index contributed by atoms with van der Waals surface area (Å²) in [5.41, 5.74) is 6.03. The van der Waals surface area contributed by atoms with E-state index >= 15 is 0 Å². The lowest BCUT2D eigenvalue weighted by atomic mass is 10.1. The van der Waals surface area contributed by atoms with Crippen molar-refractivity contribution in [2.24, 2.45) is 0 Å². The molecule has 3 fully saturated rings. The van der Waals surface area contributed by atoms with Gasteiger partial charge in [-0.15, -0.1) is 0 Å². The molecule has 236 valence electrons. The SMILES string of the molecule is Nc1ncnc2c1ncn2[C@@H]1O[C@@H]2COP(O)(=S)O[C@@H]3[C@H](O)[C@@H](COP(=O)(S)O[C@H]2[C@H]1O)O[C@H]3n1cnc2c(=O)[nH]ncc21. The summed E-state index contributed by atoms with van der Waals surface area (Å²) < 4.78 is 50.5. The number of aliphatic hydroxyl groups is 2. The molecule has 7 rings (SSSR count). The highest BCUT2D eigenvalue weighted by molar-refractivity contribution is 8.44. The number of hydrogen-bond donors (Lipinski definition) is 6. The average molecular weight is 692 g/mol. The monoisotopic (exact) mass is 691 g/mol. The van der Waals surface area contributed by atoms with Crippen LogP contribution in [0.1, 0.15) is 12.5 Å². The highest BCUT2D eigenvalue weighted by Crippen LogP contribution is 2.58. The van der Waals surface area contributed by atoms with Crippen molar-refractivity contribution in [2.75, 3.05) is 18.9 Å². The van der Waals surface area contributed by atoms with Crippen LogP contribution in [0.25, 0.3) is 22.2 Å². The highest BCUT2D eigenvalue weighted by Gasteiger charge is 2.52. The molecule has 2 unspecified atom stereocenters. The van der Waals surface area contributed by atoms with Gasteiger partial charge in [-0.05, 0) is 11.8 Å². The van der Waals surface area contributed by atoms with Gasteiger partial charge >= 0.3 is 13.5 Å². The number of fused-ring (bicyclic) bond motifs is 5. The van der Waals surface area contributed by atoms with Crippen molar-refractivity contribution < 1.29 is 47.2 Å². The molecular weight excluding hydrogens is 668 g/mol. The number of ether oxygens (including phenoxy) is 2. The number of rotatable bonds is 2. The van der Waals surface area contributed by atoms with Gasteiger partial charge in [0.25, 0.3) is 5.56 Å². The second-order valence-corrected chi connectivity index (χ2v) is 15.6. The van der Waals surface area contributed by atoms with Crippen LogP contribution in [-0.2, 0) is 43.9 Å². The molecule has 44 heavy (non-hydrogen) atoms. The molecule has 20 nitrogen and oxygen atoms in total. The lowest BCUT2D eigenvalue weighted by Crippen LogP contribution is -2.36. The van der Waals surface area contributed by atoms with Gasteiger partial charge < -0.3 is 34.8 Å². The van der Waals surface area contributed by atoms with E-state index in [1.54, 1.807) is 0 Å². The Hall–Kier alpha value is -2.43. The number of hydrogen-bond acceptors (Lipinski definition) is 17. The molecule has 4 aromatic heterocycles. The smallest absolute Gasteiger partial charge is 0.386 e. The van der Waals surface area contributed by atoms with Gasteiger partial charge in [-0.1, -0.05) is 12.2 Å². The van der Waals surface area contributed by atoms with Crippen LogP contribution in [0.3, 0.4) is 0 Å². The Labute approximate surface area is 255 Å². The third-order valence-electron chi connectivity index (χ3n) is 7.27. The number of aliphatic hydroxyl groups excluding tert-OH is 2. The van der Waals surface area contributed by atoms with E-state index in [9.17, 15) is 24.5 Å². The Morgan fingerprint density at radius 2 is 1.70 bits per heavy atom. The molecule has 24 heteroatoms.